The molecule has 0 aliphatic carbocycles. The molecule has 1 atom stereocenters. The number of fused-ring (bicyclic) bond motifs is 1. The molecule has 0 amide bonds. The van der Waals surface area contributed by atoms with Gasteiger partial charge in [-0.1, -0.05) is 0 Å². The van der Waals surface area contributed by atoms with Crippen molar-refractivity contribution in [3.8, 4) is 0 Å². The summed E-state index contributed by atoms with van der Waals surface area (Å²) < 4.78 is 3.59. The van der Waals surface area contributed by atoms with Gasteiger partial charge in [0.2, 0.25) is 0 Å². The van der Waals surface area contributed by atoms with E-state index in [9.17, 15) is 0 Å². The minimum atomic E-state index is -0.187. The molecule has 4 nitrogen and oxygen atoms in total. The number of para-hydroxylation sites is 1. The first kappa shape index (κ1) is 13.4. The van der Waals surface area contributed by atoms with E-state index in [1.54, 1.807) is 0 Å². The fourth-order valence-corrected chi connectivity index (χ4v) is 5.13. The van der Waals surface area contributed by atoms with Crippen LogP contribution in [0.1, 0.15) is 24.6 Å². The Morgan fingerprint density at radius 2 is 2.10 bits per heavy atom. The molecule has 0 spiro atoms. The third-order valence-electron chi connectivity index (χ3n) is 3.56. The molecule has 0 fully saturated rings. The summed E-state index contributed by atoms with van der Waals surface area (Å²) in [4.78, 5) is 8.56. The fourth-order valence-electron chi connectivity index (χ4n) is 2.56. The van der Waals surface area contributed by atoms with E-state index in [0.717, 1.165) is 10.2 Å². The van der Waals surface area contributed by atoms with Crippen LogP contribution in [0.4, 0.5) is 11.6 Å². The first-order chi connectivity index (χ1) is 9.63. The number of hydrogen-bond acceptors (Lipinski definition) is 4. The topological polar surface area (TPSA) is 55.0 Å². The van der Waals surface area contributed by atoms with Gasteiger partial charge < -0.3 is 0 Å². The Labute approximate surface area is 126 Å². The number of rotatable bonds is 2. The van der Waals surface area contributed by atoms with Crippen LogP contribution in [0.5, 0.6) is 0 Å². The molecular formula is C15H18AsN4. The van der Waals surface area contributed by atoms with Crippen molar-refractivity contribution in [2.24, 2.45) is 0 Å². The van der Waals surface area contributed by atoms with Gasteiger partial charge in [0.1, 0.15) is 0 Å². The molecule has 1 aromatic carbocycles. The number of nitrogens with two attached hydrogens (primary N) is 1. The SMILES string of the molecule is Cc1cc([As]N2c3ccccc3CCC2C)nc(N)n1. The van der Waals surface area contributed by atoms with Gasteiger partial charge in [0.25, 0.3) is 0 Å². The molecule has 0 saturated heterocycles. The Balaban J connectivity index is 1.93. The Morgan fingerprint density at radius 1 is 1.30 bits per heavy atom. The number of anilines is 2. The van der Waals surface area contributed by atoms with Crippen molar-refractivity contribution < 1.29 is 0 Å². The number of nitrogen functional groups attached to an aromatic ring is 1. The standard InChI is InChI=1S/C15H18AsN4/c1-10-9-14(19-15(17)18-10)16-20-11(2)7-8-12-5-3-4-6-13(12)20/h3-6,9,11H,7-8H2,1-2H3,(H2,17,18,19). The summed E-state index contributed by atoms with van der Waals surface area (Å²) in [7, 11) is 0. The van der Waals surface area contributed by atoms with E-state index < -0.39 is 0 Å². The van der Waals surface area contributed by atoms with E-state index in [4.69, 9.17) is 5.73 Å². The normalized spacial score (nSPS) is 18.5. The molecular weight excluding hydrogens is 311 g/mol. The Morgan fingerprint density at radius 3 is 2.90 bits per heavy atom. The summed E-state index contributed by atoms with van der Waals surface area (Å²) in [5.74, 6) is 0.383. The van der Waals surface area contributed by atoms with Crippen LogP contribution >= 0.6 is 0 Å². The van der Waals surface area contributed by atoms with E-state index in [1.165, 1.54) is 24.1 Å². The zero-order valence-corrected chi connectivity index (χ0v) is 13.6. The van der Waals surface area contributed by atoms with Crippen LogP contribution in [-0.4, -0.2) is 32.0 Å². The Bertz CT molecular complexity index is 609. The average molecular weight is 329 g/mol. The molecule has 2 aromatic rings. The molecule has 1 aliphatic heterocycles. The molecule has 0 bridgehead atoms. The number of nitrogens with zero attached hydrogens (tertiary/aromatic N) is 3. The first-order valence-electron chi connectivity index (χ1n) is 6.83. The molecule has 1 radical (unpaired) electrons. The Kier molecular flexibility index (Phi) is 3.66. The number of benzene rings is 1. The summed E-state index contributed by atoms with van der Waals surface area (Å²) in [5, 5.41) is 0. The monoisotopic (exact) mass is 329 g/mol. The molecule has 103 valence electrons. The van der Waals surface area contributed by atoms with Gasteiger partial charge in [-0.05, 0) is 0 Å². The predicted molar refractivity (Wildman–Crippen MR) is 83.3 cm³/mol. The summed E-state index contributed by atoms with van der Waals surface area (Å²) >= 11 is -0.187. The van der Waals surface area contributed by atoms with Gasteiger partial charge in [0.15, 0.2) is 0 Å². The summed E-state index contributed by atoms with van der Waals surface area (Å²) in [6, 6.07) is 11.3. The third kappa shape index (κ3) is 2.66. The molecule has 3 rings (SSSR count). The van der Waals surface area contributed by atoms with Crippen LogP contribution in [0.2, 0.25) is 0 Å². The average Bonchev–Trinajstić information content (AvgIpc) is 2.41. The fraction of sp³-hybridized carbons (Fsp3) is 0.333. The van der Waals surface area contributed by atoms with Crippen molar-refractivity contribution in [2.75, 3.05) is 9.55 Å². The predicted octanol–water partition coefficient (Wildman–Crippen LogP) is 1.45. The van der Waals surface area contributed by atoms with Gasteiger partial charge in [-0.15, -0.1) is 0 Å². The second-order valence-electron chi connectivity index (χ2n) is 5.19. The van der Waals surface area contributed by atoms with Crippen molar-refractivity contribution in [3.63, 3.8) is 0 Å². The second-order valence-corrected chi connectivity index (χ2v) is 7.47. The zero-order chi connectivity index (χ0) is 14.1. The minimum absolute atomic E-state index is 0.187. The number of aryl methyl sites for hydroxylation is 2. The van der Waals surface area contributed by atoms with Crippen LogP contribution in [0.25, 0.3) is 0 Å². The number of hydrogen-bond donors (Lipinski definition) is 1. The maximum atomic E-state index is 5.77. The molecule has 1 aromatic heterocycles. The maximum absolute atomic E-state index is 5.77. The summed E-state index contributed by atoms with van der Waals surface area (Å²) in [6.45, 7) is 4.26. The van der Waals surface area contributed by atoms with Crippen molar-refractivity contribution in [1.82, 2.24) is 9.97 Å². The van der Waals surface area contributed by atoms with Gasteiger partial charge in [-0.2, -0.15) is 0 Å². The summed E-state index contributed by atoms with van der Waals surface area (Å²) in [5.41, 5.74) is 9.52. The van der Waals surface area contributed by atoms with Crippen LogP contribution in [0.15, 0.2) is 30.3 Å². The van der Waals surface area contributed by atoms with Crippen LogP contribution in [0, 0.1) is 6.92 Å². The molecule has 2 N–H and O–H groups in total. The number of aromatic nitrogens is 2. The molecule has 5 heteroatoms. The van der Waals surface area contributed by atoms with E-state index in [1.807, 2.05) is 6.92 Å². The van der Waals surface area contributed by atoms with Gasteiger partial charge in [-0.3, -0.25) is 0 Å². The second kappa shape index (κ2) is 5.45. The van der Waals surface area contributed by atoms with E-state index in [-0.39, 0.29) is 16.0 Å². The Hall–Kier alpha value is -1.54. The van der Waals surface area contributed by atoms with E-state index in [2.05, 4.69) is 51.0 Å². The van der Waals surface area contributed by atoms with Crippen LogP contribution < -0.4 is 14.0 Å². The van der Waals surface area contributed by atoms with Crippen molar-refractivity contribution in [3.05, 3.63) is 41.6 Å². The molecule has 1 unspecified atom stereocenters. The van der Waals surface area contributed by atoms with E-state index >= 15 is 0 Å². The molecule has 0 saturated carbocycles. The van der Waals surface area contributed by atoms with Crippen molar-refractivity contribution >= 4 is 32.1 Å². The van der Waals surface area contributed by atoms with Gasteiger partial charge in [0.05, 0.1) is 0 Å². The molecule has 2 heterocycles. The molecule has 20 heavy (non-hydrogen) atoms. The zero-order valence-electron chi connectivity index (χ0n) is 11.7. The molecule has 1 aliphatic rings. The van der Waals surface area contributed by atoms with Gasteiger partial charge in [-0.25, -0.2) is 0 Å². The first-order valence-corrected chi connectivity index (χ1v) is 8.61. The quantitative estimate of drug-likeness (QED) is 0.848. The van der Waals surface area contributed by atoms with E-state index in [0.29, 0.717) is 12.0 Å². The third-order valence-corrected chi connectivity index (χ3v) is 6.20. The van der Waals surface area contributed by atoms with Gasteiger partial charge in [0, 0.05) is 0 Å². The van der Waals surface area contributed by atoms with Gasteiger partial charge >= 0.3 is 126 Å². The van der Waals surface area contributed by atoms with Crippen LogP contribution in [-0.2, 0) is 6.42 Å². The summed E-state index contributed by atoms with van der Waals surface area (Å²) in [6.07, 6.45) is 2.37. The van der Waals surface area contributed by atoms with Crippen LogP contribution in [0.3, 0.4) is 0 Å². The van der Waals surface area contributed by atoms with Crippen molar-refractivity contribution in [1.29, 1.82) is 0 Å². The van der Waals surface area contributed by atoms with Crippen molar-refractivity contribution in [2.45, 2.75) is 32.7 Å².